The number of halogens is 2. The van der Waals surface area contributed by atoms with Crippen molar-refractivity contribution < 1.29 is 4.42 Å². The fourth-order valence-electron chi connectivity index (χ4n) is 1.89. The highest BCUT2D eigenvalue weighted by molar-refractivity contribution is 9.10. The van der Waals surface area contributed by atoms with Crippen LogP contribution in [-0.2, 0) is 11.5 Å². The van der Waals surface area contributed by atoms with E-state index in [0.717, 1.165) is 20.3 Å². The van der Waals surface area contributed by atoms with E-state index in [1.807, 2.05) is 36.4 Å². The molecule has 6 heteroatoms. The Balaban J connectivity index is 1.60. The smallest absolute Gasteiger partial charge is 0.248 e. The Labute approximate surface area is 149 Å². The number of hydrogen-bond donors (Lipinski definition) is 0. The Kier molecular flexibility index (Phi) is 5.33. The van der Waals surface area contributed by atoms with E-state index in [9.17, 15) is 0 Å². The van der Waals surface area contributed by atoms with Gasteiger partial charge < -0.3 is 4.42 Å². The van der Waals surface area contributed by atoms with E-state index in [4.69, 9.17) is 4.42 Å². The van der Waals surface area contributed by atoms with Crippen molar-refractivity contribution >= 4 is 43.6 Å². The predicted molar refractivity (Wildman–Crippen MR) is 96.6 cm³/mol. The third-order valence-electron chi connectivity index (χ3n) is 2.98. The average molecular weight is 440 g/mol. The lowest BCUT2D eigenvalue weighted by Gasteiger charge is -2.00. The molecule has 0 N–H and O–H groups in total. The van der Waals surface area contributed by atoms with Crippen molar-refractivity contribution in [2.75, 3.05) is 0 Å². The Bertz CT molecular complexity index is 759. The molecule has 0 unspecified atom stereocenters. The molecule has 3 nitrogen and oxygen atoms in total. The number of hydrogen-bond acceptors (Lipinski definition) is 4. The average Bonchev–Trinajstić information content (AvgIpc) is 2.98. The molecule has 2 aromatic carbocycles. The summed E-state index contributed by atoms with van der Waals surface area (Å²) in [5.74, 6) is 2.81. The van der Waals surface area contributed by atoms with Gasteiger partial charge in [0.2, 0.25) is 11.8 Å². The van der Waals surface area contributed by atoms with Gasteiger partial charge in [-0.05, 0) is 45.8 Å². The summed E-state index contributed by atoms with van der Waals surface area (Å²) in [6.07, 6.45) is 0. The Hall–Kier alpha value is -1.11. The van der Waals surface area contributed by atoms with Gasteiger partial charge in [0.1, 0.15) is 0 Å². The zero-order valence-electron chi connectivity index (χ0n) is 11.5. The lowest BCUT2D eigenvalue weighted by atomic mass is 10.2. The van der Waals surface area contributed by atoms with Crippen LogP contribution in [0, 0.1) is 0 Å². The lowest BCUT2D eigenvalue weighted by molar-refractivity contribution is 0.528. The van der Waals surface area contributed by atoms with Crippen molar-refractivity contribution in [2.24, 2.45) is 0 Å². The topological polar surface area (TPSA) is 38.9 Å². The minimum atomic E-state index is 0.548. The normalized spacial score (nSPS) is 10.8. The standard InChI is InChI=1S/C16H12Br2N2OS/c17-12-7-5-11(6-8-12)9-22-10-15-19-20-16(21-15)13-3-1-2-4-14(13)18/h1-8H,9-10H2. The molecule has 0 spiro atoms. The van der Waals surface area contributed by atoms with E-state index >= 15 is 0 Å². The number of rotatable bonds is 5. The summed E-state index contributed by atoms with van der Waals surface area (Å²) in [6, 6.07) is 16.1. The van der Waals surface area contributed by atoms with Crippen LogP contribution in [0.4, 0.5) is 0 Å². The fraction of sp³-hybridized carbons (Fsp3) is 0.125. The van der Waals surface area contributed by atoms with Gasteiger partial charge in [-0.3, -0.25) is 0 Å². The van der Waals surface area contributed by atoms with Gasteiger partial charge in [0.25, 0.3) is 0 Å². The van der Waals surface area contributed by atoms with Gasteiger partial charge in [-0.15, -0.1) is 22.0 Å². The summed E-state index contributed by atoms with van der Waals surface area (Å²) in [5, 5.41) is 8.23. The Morgan fingerprint density at radius 3 is 2.45 bits per heavy atom. The summed E-state index contributed by atoms with van der Waals surface area (Å²) >= 11 is 8.69. The van der Waals surface area contributed by atoms with Crippen LogP contribution in [0.15, 0.2) is 61.9 Å². The van der Waals surface area contributed by atoms with Crippen LogP contribution in [0.25, 0.3) is 11.5 Å². The van der Waals surface area contributed by atoms with Gasteiger partial charge in [0.15, 0.2) is 0 Å². The van der Waals surface area contributed by atoms with E-state index in [2.05, 4.69) is 54.2 Å². The summed E-state index contributed by atoms with van der Waals surface area (Å²) in [4.78, 5) is 0. The zero-order chi connectivity index (χ0) is 15.4. The molecule has 22 heavy (non-hydrogen) atoms. The number of thioether (sulfide) groups is 1. The highest BCUT2D eigenvalue weighted by atomic mass is 79.9. The van der Waals surface area contributed by atoms with Gasteiger partial charge in [0, 0.05) is 14.7 Å². The summed E-state index contributed by atoms with van der Waals surface area (Å²) < 4.78 is 7.77. The number of benzene rings is 2. The van der Waals surface area contributed by atoms with Crippen LogP contribution < -0.4 is 0 Å². The van der Waals surface area contributed by atoms with Gasteiger partial charge >= 0.3 is 0 Å². The molecule has 1 aromatic heterocycles. The molecule has 0 bridgehead atoms. The Morgan fingerprint density at radius 2 is 1.68 bits per heavy atom. The monoisotopic (exact) mass is 438 g/mol. The van der Waals surface area contributed by atoms with Gasteiger partial charge in [-0.2, -0.15) is 0 Å². The minimum Gasteiger partial charge on any atom is -0.420 e. The third kappa shape index (κ3) is 4.00. The number of nitrogens with zero attached hydrogens (tertiary/aromatic N) is 2. The maximum Gasteiger partial charge on any atom is 0.248 e. The minimum absolute atomic E-state index is 0.548. The Morgan fingerprint density at radius 1 is 0.909 bits per heavy atom. The van der Waals surface area contributed by atoms with E-state index < -0.39 is 0 Å². The van der Waals surface area contributed by atoms with Crippen LogP contribution in [0.5, 0.6) is 0 Å². The largest absolute Gasteiger partial charge is 0.420 e. The molecule has 0 aliphatic carbocycles. The van der Waals surface area contributed by atoms with Crippen LogP contribution in [0.1, 0.15) is 11.5 Å². The van der Waals surface area contributed by atoms with Crippen molar-refractivity contribution in [3.63, 3.8) is 0 Å². The lowest BCUT2D eigenvalue weighted by Crippen LogP contribution is -1.83. The van der Waals surface area contributed by atoms with Gasteiger partial charge in [-0.1, -0.05) is 40.2 Å². The summed E-state index contributed by atoms with van der Waals surface area (Å²) in [6.45, 7) is 0. The SMILES string of the molecule is Brc1ccc(CSCc2nnc(-c3ccccc3Br)o2)cc1. The van der Waals surface area contributed by atoms with E-state index in [1.54, 1.807) is 11.8 Å². The fourth-order valence-corrected chi connectivity index (χ4v) is 3.43. The summed E-state index contributed by atoms with van der Waals surface area (Å²) in [5.41, 5.74) is 2.19. The highest BCUT2D eigenvalue weighted by Gasteiger charge is 2.11. The molecule has 0 aliphatic heterocycles. The van der Waals surface area contributed by atoms with Crippen LogP contribution in [-0.4, -0.2) is 10.2 Å². The predicted octanol–water partition coefficient (Wildman–Crippen LogP) is 5.70. The zero-order valence-corrected chi connectivity index (χ0v) is 15.5. The molecule has 112 valence electrons. The van der Waals surface area contributed by atoms with E-state index in [1.165, 1.54) is 5.56 Å². The molecule has 0 fully saturated rings. The van der Waals surface area contributed by atoms with Crippen LogP contribution in [0.2, 0.25) is 0 Å². The third-order valence-corrected chi connectivity index (χ3v) is 5.19. The first kappa shape index (κ1) is 15.8. The van der Waals surface area contributed by atoms with Crippen molar-refractivity contribution in [3.8, 4) is 11.5 Å². The first-order valence-electron chi connectivity index (χ1n) is 6.62. The first-order chi connectivity index (χ1) is 10.7. The molecule has 0 amide bonds. The molecular weight excluding hydrogens is 428 g/mol. The van der Waals surface area contributed by atoms with Crippen molar-refractivity contribution in [1.29, 1.82) is 0 Å². The second kappa shape index (κ2) is 7.44. The van der Waals surface area contributed by atoms with E-state index in [0.29, 0.717) is 17.5 Å². The second-order valence-corrected chi connectivity index (χ2v) is 7.36. The molecule has 0 saturated carbocycles. The van der Waals surface area contributed by atoms with Crippen LogP contribution >= 0.6 is 43.6 Å². The quantitative estimate of drug-likeness (QED) is 0.511. The van der Waals surface area contributed by atoms with Crippen LogP contribution in [0.3, 0.4) is 0 Å². The molecule has 0 saturated heterocycles. The van der Waals surface area contributed by atoms with Gasteiger partial charge in [-0.25, -0.2) is 0 Å². The summed E-state index contributed by atoms with van der Waals surface area (Å²) in [7, 11) is 0. The highest BCUT2D eigenvalue weighted by Crippen LogP contribution is 2.27. The van der Waals surface area contributed by atoms with Crippen molar-refractivity contribution in [2.45, 2.75) is 11.5 Å². The molecule has 0 radical (unpaired) electrons. The van der Waals surface area contributed by atoms with E-state index in [-0.39, 0.29) is 0 Å². The van der Waals surface area contributed by atoms with Gasteiger partial charge in [0.05, 0.1) is 11.3 Å². The molecule has 3 aromatic rings. The first-order valence-corrected chi connectivity index (χ1v) is 9.36. The maximum absolute atomic E-state index is 5.73. The maximum atomic E-state index is 5.73. The van der Waals surface area contributed by atoms with Crippen molar-refractivity contribution in [3.05, 3.63) is 68.9 Å². The second-order valence-electron chi connectivity index (χ2n) is 4.60. The number of aromatic nitrogens is 2. The molecule has 0 atom stereocenters. The molecule has 0 aliphatic rings. The van der Waals surface area contributed by atoms with Crippen molar-refractivity contribution in [1.82, 2.24) is 10.2 Å². The molecule has 3 rings (SSSR count). The molecule has 1 heterocycles. The molecular formula is C16H12Br2N2OS.